The Morgan fingerprint density at radius 3 is 2.63 bits per heavy atom. The normalized spacial score (nSPS) is 26.4. The molecule has 2 heterocycles. The van der Waals surface area contributed by atoms with Gasteiger partial charge >= 0.3 is 0 Å². The summed E-state index contributed by atoms with van der Waals surface area (Å²) in [6.07, 6.45) is 2.13. The average molecular weight is 268 g/mol. The number of piperidine rings is 1. The molecule has 2 aliphatic heterocycles. The summed E-state index contributed by atoms with van der Waals surface area (Å²) in [7, 11) is 0. The first kappa shape index (κ1) is 14.3. The number of amides is 2. The van der Waals surface area contributed by atoms with Crippen LogP contribution in [0.4, 0.5) is 0 Å². The number of hydrogen-bond acceptors (Lipinski definition) is 3. The molecule has 0 aliphatic carbocycles. The molecule has 0 bridgehead atoms. The Balaban J connectivity index is 2.07. The number of aliphatic hydroxyl groups is 1. The third-order valence-corrected chi connectivity index (χ3v) is 4.14. The number of aliphatic hydroxyl groups excluding tert-OH is 1. The maximum Gasteiger partial charge on any atom is 0.245 e. The lowest BCUT2D eigenvalue weighted by molar-refractivity contribution is -0.159. The minimum atomic E-state index is -0.612. The van der Waals surface area contributed by atoms with E-state index in [0.717, 1.165) is 19.3 Å². The maximum absolute atomic E-state index is 12.4. The van der Waals surface area contributed by atoms with Gasteiger partial charge in [-0.15, -0.1) is 0 Å². The first-order valence-electron chi connectivity index (χ1n) is 7.07. The molecule has 0 aromatic rings. The molecule has 0 radical (unpaired) electrons. The van der Waals surface area contributed by atoms with Gasteiger partial charge in [-0.2, -0.15) is 0 Å². The second-order valence-electron chi connectivity index (χ2n) is 6.70. The van der Waals surface area contributed by atoms with Crippen molar-refractivity contribution in [3.8, 4) is 0 Å². The van der Waals surface area contributed by atoms with Gasteiger partial charge in [0.1, 0.15) is 6.04 Å². The van der Waals surface area contributed by atoms with E-state index < -0.39 is 6.10 Å². The number of hydrogen-bond donors (Lipinski definition) is 1. The molecule has 2 aliphatic rings. The van der Waals surface area contributed by atoms with E-state index in [-0.39, 0.29) is 36.4 Å². The average Bonchev–Trinajstić information content (AvgIpc) is 2.34. The molecule has 2 rings (SSSR count). The van der Waals surface area contributed by atoms with E-state index in [4.69, 9.17) is 0 Å². The molecule has 2 amide bonds. The van der Waals surface area contributed by atoms with Crippen LogP contribution >= 0.6 is 0 Å². The number of fused-ring (bicyclic) bond motifs is 1. The summed E-state index contributed by atoms with van der Waals surface area (Å²) in [4.78, 5) is 27.7. The van der Waals surface area contributed by atoms with Crippen molar-refractivity contribution in [2.24, 2.45) is 5.41 Å². The van der Waals surface area contributed by atoms with Gasteiger partial charge in [0, 0.05) is 13.1 Å². The Labute approximate surface area is 114 Å². The second-order valence-corrected chi connectivity index (χ2v) is 6.70. The van der Waals surface area contributed by atoms with Crippen LogP contribution in [0.5, 0.6) is 0 Å². The zero-order valence-corrected chi connectivity index (χ0v) is 12.1. The third-order valence-electron chi connectivity index (χ3n) is 4.14. The number of carbonyl (C=O) groups is 2. The monoisotopic (exact) mass is 268 g/mol. The Bertz CT molecular complexity index is 375. The molecule has 5 nitrogen and oxygen atoms in total. The molecule has 2 saturated heterocycles. The molecule has 2 atom stereocenters. The zero-order valence-electron chi connectivity index (χ0n) is 12.1. The minimum Gasteiger partial charge on any atom is -0.391 e. The Kier molecular flexibility index (Phi) is 3.85. The van der Waals surface area contributed by atoms with E-state index in [9.17, 15) is 14.7 Å². The number of nitrogens with zero attached hydrogens (tertiary/aromatic N) is 2. The van der Waals surface area contributed by atoms with Crippen LogP contribution in [0.15, 0.2) is 0 Å². The van der Waals surface area contributed by atoms with Crippen molar-refractivity contribution in [2.45, 2.75) is 52.2 Å². The summed E-state index contributed by atoms with van der Waals surface area (Å²) in [6.45, 7) is 6.86. The molecule has 108 valence electrons. The second kappa shape index (κ2) is 5.12. The van der Waals surface area contributed by atoms with Crippen LogP contribution < -0.4 is 0 Å². The number of rotatable bonds is 2. The fourth-order valence-corrected chi connectivity index (χ4v) is 2.67. The Hall–Kier alpha value is -1.10. The predicted octanol–water partition coefficient (Wildman–Crippen LogP) is 0.617. The summed E-state index contributed by atoms with van der Waals surface area (Å²) >= 11 is 0. The Morgan fingerprint density at radius 1 is 1.32 bits per heavy atom. The predicted molar refractivity (Wildman–Crippen MR) is 71.4 cm³/mol. The molecular formula is C14H24N2O3. The van der Waals surface area contributed by atoms with Crippen LogP contribution in [0.2, 0.25) is 0 Å². The molecule has 2 unspecified atom stereocenters. The van der Waals surface area contributed by atoms with Crippen molar-refractivity contribution in [1.82, 2.24) is 9.80 Å². The molecule has 0 saturated carbocycles. The van der Waals surface area contributed by atoms with Crippen molar-refractivity contribution in [2.75, 3.05) is 19.6 Å². The standard InChI is InChI=1S/C14H24N2O3/c1-14(2,3)11(17)8-15-9-12(18)16-7-5-4-6-10(16)13(15)19/h10-11,17H,4-9H2,1-3H3. The first-order chi connectivity index (χ1) is 8.80. The Morgan fingerprint density at radius 2 is 2.00 bits per heavy atom. The van der Waals surface area contributed by atoms with Crippen molar-refractivity contribution in [3.63, 3.8) is 0 Å². The van der Waals surface area contributed by atoms with E-state index in [2.05, 4.69) is 0 Å². The highest BCUT2D eigenvalue weighted by Crippen LogP contribution is 2.25. The van der Waals surface area contributed by atoms with Gasteiger partial charge in [-0.25, -0.2) is 0 Å². The molecule has 19 heavy (non-hydrogen) atoms. The topological polar surface area (TPSA) is 60.9 Å². The van der Waals surface area contributed by atoms with Crippen LogP contribution in [0.3, 0.4) is 0 Å². The van der Waals surface area contributed by atoms with Gasteiger partial charge in [-0.05, 0) is 24.7 Å². The molecular weight excluding hydrogens is 244 g/mol. The van der Waals surface area contributed by atoms with Crippen molar-refractivity contribution in [1.29, 1.82) is 0 Å². The highest BCUT2D eigenvalue weighted by atomic mass is 16.3. The van der Waals surface area contributed by atoms with Crippen LogP contribution in [0.25, 0.3) is 0 Å². The lowest BCUT2D eigenvalue weighted by Crippen LogP contribution is -2.62. The smallest absolute Gasteiger partial charge is 0.245 e. The lowest BCUT2D eigenvalue weighted by atomic mass is 9.88. The van der Waals surface area contributed by atoms with Crippen molar-refractivity contribution < 1.29 is 14.7 Å². The van der Waals surface area contributed by atoms with Gasteiger partial charge in [0.25, 0.3) is 0 Å². The van der Waals surface area contributed by atoms with E-state index in [1.54, 1.807) is 4.90 Å². The van der Waals surface area contributed by atoms with Crippen LogP contribution in [0.1, 0.15) is 40.0 Å². The van der Waals surface area contributed by atoms with Crippen LogP contribution in [-0.4, -0.2) is 58.5 Å². The van der Waals surface area contributed by atoms with Crippen molar-refractivity contribution in [3.05, 3.63) is 0 Å². The highest BCUT2D eigenvalue weighted by Gasteiger charge is 2.41. The van der Waals surface area contributed by atoms with Gasteiger partial charge in [0.2, 0.25) is 11.8 Å². The fourth-order valence-electron chi connectivity index (χ4n) is 2.67. The molecule has 1 N–H and O–H groups in total. The SMILES string of the molecule is CC(C)(C)C(O)CN1CC(=O)N2CCCCC2C1=O. The van der Waals surface area contributed by atoms with Gasteiger partial charge in [-0.3, -0.25) is 9.59 Å². The summed E-state index contributed by atoms with van der Waals surface area (Å²) in [5.41, 5.74) is -0.285. The van der Waals surface area contributed by atoms with E-state index in [0.29, 0.717) is 6.54 Å². The summed E-state index contributed by atoms with van der Waals surface area (Å²) < 4.78 is 0. The molecule has 0 aromatic heterocycles. The molecule has 2 fully saturated rings. The van der Waals surface area contributed by atoms with Crippen LogP contribution in [-0.2, 0) is 9.59 Å². The maximum atomic E-state index is 12.4. The number of carbonyl (C=O) groups excluding carboxylic acids is 2. The van der Waals surface area contributed by atoms with Gasteiger partial charge in [-0.1, -0.05) is 20.8 Å². The van der Waals surface area contributed by atoms with E-state index >= 15 is 0 Å². The molecule has 0 spiro atoms. The largest absolute Gasteiger partial charge is 0.391 e. The quantitative estimate of drug-likeness (QED) is 0.798. The highest BCUT2D eigenvalue weighted by molar-refractivity contribution is 5.95. The van der Waals surface area contributed by atoms with Gasteiger partial charge < -0.3 is 14.9 Å². The van der Waals surface area contributed by atoms with Gasteiger partial charge in [0.05, 0.1) is 12.6 Å². The van der Waals surface area contributed by atoms with E-state index in [1.165, 1.54) is 4.90 Å². The molecule has 0 aromatic carbocycles. The molecule has 5 heteroatoms. The summed E-state index contributed by atoms with van der Waals surface area (Å²) in [5, 5.41) is 10.1. The van der Waals surface area contributed by atoms with E-state index in [1.807, 2.05) is 20.8 Å². The third kappa shape index (κ3) is 2.91. The van der Waals surface area contributed by atoms with Crippen LogP contribution in [0, 0.1) is 5.41 Å². The summed E-state index contributed by atoms with van der Waals surface area (Å²) in [5.74, 6) is 0.0213. The van der Waals surface area contributed by atoms with Gasteiger partial charge in [0.15, 0.2) is 0 Å². The number of piperazine rings is 1. The van der Waals surface area contributed by atoms with Crippen molar-refractivity contribution >= 4 is 11.8 Å². The fraction of sp³-hybridized carbons (Fsp3) is 0.857. The lowest BCUT2D eigenvalue weighted by Gasteiger charge is -2.44. The summed E-state index contributed by atoms with van der Waals surface area (Å²) in [6, 6.07) is -0.290. The first-order valence-corrected chi connectivity index (χ1v) is 7.07. The zero-order chi connectivity index (χ0) is 14.2. The number of β-amino-alcohol motifs (C(OH)–C–C–N with tert-alkyl or cyclic N) is 1. The minimum absolute atomic E-state index is 0.00241.